The van der Waals surface area contributed by atoms with E-state index in [0.29, 0.717) is 60.7 Å². The summed E-state index contributed by atoms with van der Waals surface area (Å²) in [5.74, 6) is -89.1. The summed E-state index contributed by atoms with van der Waals surface area (Å²) in [7, 11) is 0. The average Bonchev–Trinajstić information content (AvgIpc) is 1.64. The van der Waals surface area contributed by atoms with E-state index >= 15 is 105 Å². The Bertz CT molecular complexity index is 5890. The van der Waals surface area contributed by atoms with Gasteiger partial charge in [-0.2, -0.15) is 0 Å². The molecule has 6 aromatic carbocycles. The van der Waals surface area contributed by atoms with Crippen molar-refractivity contribution in [2.24, 2.45) is 4.99 Å². The number of hydrogen-bond donors (Lipinski definition) is 5. The lowest BCUT2D eigenvalue weighted by atomic mass is 9.94. The second-order valence-corrected chi connectivity index (χ2v) is 21.7. The van der Waals surface area contributed by atoms with Gasteiger partial charge >= 0.3 is 0 Å². The normalized spacial score (nSPS) is 14.1. The molecular formula is C66H16F30N6O. The molecule has 3 aliphatic rings. The zero-order valence-corrected chi connectivity index (χ0v) is 48.5. The number of hydrogen-bond acceptors (Lipinski definition) is 2. The Balaban J connectivity index is 1.29. The maximum atomic E-state index is 16.5. The number of H-pyrrole nitrogens is 4. The summed E-state index contributed by atoms with van der Waals surface area (Å²) in [4.78, 5) is 26.7. The van der Waals surface area contributed by atoms with E-state index in [0.717, 1.165) is 0 Å². The molecule has 0 radical (unpaired) electrons. The molecule has 4 aromatic heterocycles. The highest BCUT2D eigenvalue weighted by atomic mass is 19.2. The Hall–Kier alpha value is -12.1. The Morgan fingerprint density at radius 1 is 0.233 bits per heavy atom. The highest BCUT2D eigenvalue weighted by Crippen LogP contribution is 2.44. The van der Waals surface area contributed by atoms with Crippen LogP contribution in [-0.2, 0) is 4.79 Å². The molecular weight excluding hydrogens is 1460 g/mol. The molecule has 37 heteroatoms. The van der Waals surface area contributed by atoms with Crippen molar-refractivity contribution in [2.75, 3.05) is 0 Å². The number of aromatic amines is 4. The first-order chi connectivity index (χ1) is 48.5. The molecule has 0 atom stereocenters. The number of rotatable bonds is 6. The minimum atomic E-state index is -2.99. The number of fused-ring (bicyclic) bond motifs is 10. The van der Waals surface area contributed by atoms with Crippen LogP contribution in [-0.4, -0.2) is 31.6 Å². The first-order valence-corrected chi connectivity index (χ1v) is 27.7. The van der Waals surface area contributed by atoms with Crippen molar-refractivity contribution in [3.05, 3.63) is 336 Å². The molecule has 7 nitrogen and oxygen atoms in total. The van der Waals surface area contributed by atoms with Crippen LogP contribution >= 0.6 is 0 Å². The molecule has 5 N–H and O–H groups in total. The number of benzene rings is 6. The largest absolute Gasteiger partial charge is 0.354 e. The number of aliphatic imine (C=N–C) groups is 1. The van der Waals surface area contributed by atoms with Crippen LogP contribution in [0, 0.1) is 175 Å². The van der Waals surface area contributed by atoms with Gasteiger partial charge < -0.3 is 25.3 Å². The van der Waals surface area contributed by atoms with Gasteiger partial charge in [-0.1, -0.05) is 0 Å². The molecule has 0 spiro atoms. The summed E-state index contributed by atoms with van der Waals surface area (Å²) >= 11 is 0. The predicted molar refractivity (Wildman–Crippen MR) is 292 cm³/mol. The number of carbonyl (C=O) groups excluding carboxylic acids is 1. The maximum absolute atomic E-state index is 16.5. The Labute approximate surface area is 546 Å². The van der Waals surface area contributed by atoms with Crippen molar-refractivity contribution in [1.29, 1.82) is 0 Å². The Kier molecular flexibility index (Phi) is 16.6. The van der Waals surface area contributed by atoms with Gasteiger partial charge in [0.05, 0.1) is 56.1 Å². The fraction of sp³-hybridized carbons (Fsp3) is 0. The van der Waals surface area contributed by atoms with Crippen LogP contribution < -0.4 is 26.7 Å². The fourth-order valence-corrected chi connectivity index (χ4v) is 11.5. The second kappa shape index (κ2) is 24.6. The van der Waals surface area contributed by atoms with Crippen molar-refractivity contribution >= 4 is 45.1 Å². The van der Waals surface area contributed by atoms with Gasteiger partial charge in [-0.25, -0.2) is 137 Å². The van der Waals surface area contributed by atoms with Crippen molar-refractivity contribution in [3.63, 3.8) is 0 Å². The SMILES string of the molecule is O=C1NC2=CC1=C(c1c(F)c(F)c(F)c(F)c1F)c1ccc([nH]1)C(c1c(F)c(F)c(F)c(F)c1F)=c1ccc([nH]1)=C(c1c(F)c(F)c(F)c(F)c1F)C1=NC(=C(c3c(F)c(F)c(F)c(F)c3F)c3ccc([nH]3)C(c3c(F)c(F)c(F)c(F)c3F)=c3ccc([nH]3)=C2c2c(F)c(F)c(F)c(F)c2F)C=C1. The summed E-state index contributed by atoms with van der Waals surface area (Å²) in [6.07, 6.45) is 0.732. The van der Waals surface area contributed by atoms with E-state index in [-0.39, 0.29) is 6.08 Å². The van der Waals surface area contributed by atoms with Crippen LogP contribution in [0.15, 0.2) is 88.7 Å². The standard InChI is InChI=1S/C66H16F30N6O/c67-36-30(37(68)49(80)60(91)48(36)79)24-12-11-23(102-66(12)103)29(35-46(77)58(89)65(96)59(90)47(35)78)22-10-9-21(101-22)28(34-44(75)56(87)64(95)57(88)45(34)76)20-8-7-19(100-20)27(33-42(73)54(85)63(94)55(86)43(33)74)18-6-5-17(99-18)26(32-40(71)52(83)62(93)53(84)41(32)72)16-4-3-15(98-16)25(14-2-1-13(24)97-14)31-38(69)50(81)61(92)51(82)39(31)70/h1-11,97-98,100-101H,(H,102,103). The zero-order valence-electron chi connectivity index (χ0n) is 48.5. The van der Waals surface area contributed by atoms with Crippen LogP contribution in [0.25, 0.3) is 33.4 Å². The molecule has 3 aliphatic heterocycles. The van der Waals surface area contributed by atoms with Crippen molar-refractivity contribution in [3.8, 4) is 0 Å². The van der Waals surface area contributed by atoms with Gasteiger partial charge in [0.25, 0.3) is 5.91 Å². The summed E-state index contributed by atoms with van der Waals surface area (Å²) in [5, 5.41) is -3.52. The highest BCUT2D eigenvalue weighted by Gasteiger charge is 2.41. The molecule has 0 saturated heterocycles. The van der Waals surface area contributed by atoms with Crippen LogP contribution in [0.3, 0.4) is 0 Å². The molecule has 0 aliphatic carbocycles. The number of halogens is 30. The third-order valence-corrected chi connectivity index (χ3v) is 16.1. The smallest absolute Gasteiger partial charge is 0.256 e. The van der Waals surface area contributed by atoms with E-state index in [1.54, 1.807) is 5.32 Å². The minimum Gasteiger partial charge on any atom is -0.354 e. The number of nitrogens with zero attached hydrogens (tertiary/aromatic N) is 1. The summed E-state index contributed by atoms with van der Waals surface area (Å²) in [5.41, 5.74) is -34.5. The van der Waals surface area contributed by atoms with E-state index in [1.807, 2.05) is 9.97 Å². The van der Waals surface area contributed by atoms with Gasteiger partial charge in [-0.15, -0.1) is 0 Å². The van der Waals surface area contributed by atoms with Gasteiger partial charge in [-0.3, -0.25) is 4.79 Å². The molecule has 526 valence electrons. The number of nitrogens with one attached hydrogen (secondary N) is 5. The fourth-order valence-electron chi connectivity index (χ4n) is 11.5. The molecule has 7 heterocycles. The second-order valence-electron chi connectivity index (χ2n) is 21.7. The molecule has 0 saturated carbocycles. The first kappa shape index (κ1) is 69.4. The van der Waals surface area contributed by atoms with Gasteiger partial charge in [0.1, 0.15) is 0 Å². The average molecular weight is 1480 g/mol. The first-order valence-electron chi connectivity index (χ1n) is 27.7. The predicted octanol–water partition coefficient (Wildman–Crippen LogP) is 14.4. The van der Waals surface area contributed by atoms with E-state index in [2.05, 4.69) is 15.0 Å². The number of amides is 1. The van der Waals surface area contributed by atoms with E-state index in [9.17, 15) is 31.1 Å². The molecule has 12 bridgehead atoms. The van der Waals surface area contributed by atoms with Gasteiger partial charge in [0.15, 0.2) is 140 Å². The quantitative estimate of drug-likeness (QED) is 0.0639. The van der Waals surface area contributed by atoms with E-state index in [1.165, 1.54) is 0 Å². The van der Waals surface area contributed by atoms with E-state index in [4.69, 9.17) is 0 Å². The number of carbonyl (C=O) groups is 1. The van der Waals surface area contributed by atoms with Gasteiger partial charge in [-0.05, 0) is 66.8 Å². The molecule has 0 unspecified atom stereocenters. The van der Waals surface area contributed by atoms with Crippen LogP contribution in [0.1, 0.15) is 56.2 Å². The number of allylic oxidation sites excluding steroid dienone is 3. The maximum Gasteiger partial charge on any atom is 0.256 e. The van der Waals surface area contributed by atoms with Crippen molar-refractivity contribution in [2.45, 2.75) is 0 Å². The molecule has 13 rings (SSSR count). The monoisotopic (exact) mass is 1480 g/mol. The van der Waals surface area contributed by atoms with E-state index < -0.39 is 314 Å². The minimum absolute atomic E-state index is 0.0245. The van der Waals surface area contributed by atoms with Crippen molar-refractivity contribution < 1.29 is 137 Å². The lowest BCUT2D eigenvalue weighted by molar-refractivity contribution is -0.115. The van der Waals surface area contributed by atoms with Gasteiger partial charge in [0.2, 0.25) is 34.9 Å². The third kappa shape index (κ3) is 10.2. The third-order valence-electron chi connectivity index (χ3n) is 16.1. The lowest BCUT2D eigenvalue weighted by Gasteiger charge is -2.14. The lowest BCUT2D eigenvalue weighted by Crippen LogP contribution is -2.25. The van der Waals surface area contributed by atoms with Crippen LogP contribution in [0.2, 0.25) is 0 Å². The summed E-state index contributed by atoms with van der Waals surface area (Å²) in [6, 6.07) is 2.83. The molecule has 1 amide bonds. The molecule has 103 heavy (non-hydrogen) atoms. The number of aromatic nitrogens is 4. The summed E-state index contributed by atoms with van der Waals surface area (Å²) in [6.45, 7) is 0. The van der Waals surface area contributed by atoms with Crippen LogP contribution in [0.4, 0.5) is 132 Å². The zero-order chi connectivity index (χ0) is 74.8. The highest BCUT2D eigenvalue weighted by molar-refractivity contribution is 6.30. The topological polar surface area (TPSA) is 105 Å². The molecule has 10 aromatic rings. The molecule has 0 fully saturated rings. The Morgan fingerprint density at radius 3 is 0.786 bits per heavy atom. The Morgan fingerprint density at radius 2 is 0.466 bits per heavy atom. The van der Waals surface area contributed by atoms with Crippen LogP contribution in [0.5, 0.6) is 0 Å². The summed E-state index contributed by atoms with van der Waals surface area (Å²) < 4.78 is 473. The van der Waals surface area contributed by atoms with Crippen molar-refractivity contribution in [1.82, 2.24) is 25.3 Å². The van der Waals surface area contributed by atoms with Gasteiger partial charge in [0, 0.05) is 77.6 Å².